The van der Waals surface area contributed by atoms with E-state index in [1.165, 1.54) is 0 Å². The quantitative estimate of drug-likeness (QED) is 0.339. The number of hydrogen-bond donors (Lipinski definition) is 0. The third-order valence-electron chi connectivity index (χ3n) is 5.01. The lowest BCUT2D eigenvalue weighted by molar-refractivity contribution is 0.0462. The SMILES string of the molecule is O=C(OCc1ccccc1)c1ccccc1-c1ccccc1C(=O)OCc1ccccc1. The van der Waals surface area contributed by atoms with Crippen molar-refractivity contribution >= 4 is 11.9 Å². The first-order valence-corrected chi connectivity index (χ1v) is 10.3. The van der Waals surface area contributed by atoms with Crippen molar-refractivity contribution in [3.8, 4) is 11.1 Å². The van der Waals surface area contributed by atoms with E-state index in [9.17, 15) is 9.59 Å². The zero-order chi connectivity index (χ0) is 22.2. The molecule has 0 radical (unpaired) electrons. The first-order valence-electron chi connectivity index (χ1n) is 10.3. The van der Waals surface area contributed by atoms with E-state index in [1.807, 2.05) is 84.9 Å². The Hall–Kier alpha value is -4.18. The molecule has 158 valence electrons. The van der Waals surface area contributed by atoms with Crippen LogP contribution < -0.4 is 0 Å². The van der Waals surface area contributed by atoms with Crippen LogP contribution in [0.1, 0.15) is 31.8 Å². The van der Waals surface area contributed by atoms with Crippen LogP contribution in [0.25, 0.3) is 11.1 Å². The van der Waals surface area contributed by atoms with Crippen molar-refractivity contribution in [1.29, 1.82) is 0 Å². The number of carbonyl (C=O) groups is 2. The lowest BCUT2D eigenvalue weighted by Crippen LogP contribution is -2.10. The van der Waals surface area contributed by atoms with Crippen LogP contribution in [0.15, 0.2) is 109 Å². The Morgan fingerprint density at radius 2 is 0.812 bits per heavy atom. The summed E-state index contributed by atoms with van der Waals surface area (Å²) in [7, 11) is 0. The van der Waals surface area contributed by atoms with E-state index in [0.717, 1.165) is 11.1 Å². The molecule has 0 saturated carbocycles. The fourth-order valence-electron chi connectivity index (χ4n) is 3.39. The second kappa shape index (κ2) is 10.2. The Balaban J connectivity index is 1.56. The van der Waals surface area contributed by atoms with Crippen LogP contribution in [-0.4, -0.2) is 11.9 Å². The molecular weight excluding hydrogens is 400 g/mol. The van der Waals surface area contributed by atoms with Crippen LogP contribution in [0.2, 0.25) is 0 Å². The van der Waals surface area contributed by atoms with Crippen LogP contribution in [0.3, 0.4) is 0 Å². The van der Waals surface area contributed by atoms with Gasteiger partial charge in [-0.15, -0.1) is 0 Å². The molecular formula is C28H22O4. The van der Waals surface area contributed by atoms with Crippen molar-refractivity contribution in [2.45, 2.75) is 13.2 Å². The van der Waals surface area contributed by atoms with Crippen molar-refractivity contribution in [3.05, 3.63) is 131 Å². The monoisotopic (exact) mass is 422 g/mol. The minimum absolute atomic E-state index is 0.175. The molecule has 0 fully saturated rings. The zero-order valence-electron chi connectivity index (χ0n) is 17.4. The van der Waals surface area contributed by atoms with Gasteiger partial charge in [0.25, 0.3) is 0 Å². The van der Waals surface area contributed by atoms with E-state index >= 15 is 0 Å². The van der Waals surface area contributed by atoms with Gasteiger partial charge in [-0.05, 0) is 34.4 Å². The van der Waals surface area contributed by atoms with Gasteiger partial charge in [0.1, 0.15) is 13.2 Å². The molecule has 0 heterocycles. The molecule has 0 amide bonds. The van der Waals surface area contributed by atoms with Crippen LogP contribution in [0.5, 0.6) is 0 Å². The van der Waals surface area contributed by atoms with E-state index < -0.39 is 11.9 Å². The van der Waals surface area contributed by atoms with Crippen LogP contribution in [-0.2, 0) is 22.7 Å². The summed E-state index contributed by atoms with van der Waals surface area (Å²) in [5, 5.41) is 0. The topological polar surface area (TPSA) is 52.6 Å². The summed E-state index contributed by atoms with van der Waals surface area (Å²) < 4.78 is 11.1. The summed E-state index contributed by atoms with van der Waals surface area (Å²) in [5.41, 5.74) is 3.85. The third-order valence-corrected chi connectivity index (χ3v) is 5.01. The molecule has 4 nitrogen and oxygen atoms in total. The molecule has 0 atom stereocenters. The first-order chi connectivity index (χ1) is 15.7. The number of benzene rings is 4. The lowest BCUT2D eigenvalue weighted by atomic mass is 9.95. The summed E-state index contributed by atoms with van der Waals surface area (Å²) in [6.45, 7) is 0.351. The Morgan fingerprint density at radius 3 is 1.22 bits per heavy atom. The standard InChI is InChI=1S/C28H22O4/c29-27(31-19-21-11-3-1-4-12-21)25-17-9-7-15-23(25)24-16-8-10-18-26(24)28(30)32-20-22-13-5-2-6-14-22/h1-18H,19-20H2. The maximum atomic E-state index is 12.9. The molecule has 0 bridgehead atoms. The molecule has 0 aliphatic carbocycles. The van der Waals surface area contributed by atoms with E-state index in [0.29, 0.717) is 22.3 Å². The van der Waals surface area contributed by atoms with Gasteiger partial charge in [-0.25, -0.2) is 9.59 Å². The average Bonchev–Trinajstić information content (AvgIpc) is 2.87. The Labute approximate surface area is 187 Å². The van der Waals surface area contributed by atoms with Crippen LogP contribution >= 0.6 is 0 Å². The fraction of sp³-hybridized carbons (Fsp3) is 0.0714. The van der Waals surface area contributed by atoms with Gasteiger partial charge in [0.15, 0.2) is 0 Å². The van der Waals surface area contributed by atoms with E-state index in [4.69, 9.17) is 9.47 Å². The molecule has 4 heteroatoms. The summed E-state index contributed by atoms with van der Waals surface area (Å²) >= 11 is 0. The third kappa shape index (κ3) is 5.10. The largest absolute Gasteiger partial charge is 0.457 e. The second-order valence-electron chi connectivity index (χ2n) is 7.21. The predicted octanol–water partition coefficient (Wildman–Crippen LogP) is 6.07. The molecule has 0 aliphatic heterocycles. The minimum atomic E-state index is -0.447. The summed E-state index contributed by atoms with van der Waals surface area (Å²) in [6, 6.07) is 33.2. The van der Waals surface area contributed by atoms with Gasteiger partial charge in [0.2, 0.25) is 0 Å². The molecule has 0 N–H and O–H groups in total. The molecule has 0 saturated heterocycles. The van der Waals surface area contributed by atoms with Gasteiger partial charge >= 0.3 is 11.9 Å². The first kappa shape index (κ1) is 21.1. The van der Waals surface area contributed by atoms with Gasteiger partial charge in [0.05, 0.1) is 11.1 Å². The number of hydrogen-bond acceptors (Lipinski definition) is 4. The number of carbonyl (C=O) groups excluding carboxylic acids is 2. The highest BCUT2D eigenvalue weighted by Crippen LogP contribution is 2.28. The molecule has 0 spiro atoms. The van der Waals surface area contributed by atoms with E-state index in [1.54, 1.807) is 24.3 Å². The molecule has 0 aliphatic rings. The minimum Gasteiger partial charge on any atom is -0.457 e. The van der Waals surface area contributed by atoms with Crippen LogP contribution in [0, 0.1) is 0 Å². The van der Waals surface area contributed by atoms with Gasteiger partial charge in [-0.2, -0.15) is 0 Å². The molecule has 4 aromatic carbocycles. The maximum Gasteiger partial charge on any atom is 0.339 e. The Morgan fingerprint density at radius 1 is 0.469 bits per heavy atom. The van der Waals surface area contributed by atoms with Gasteiger partial charge in [-0.3, -0.25) is 0 Å². The highest BCUT2D eigenvalue weighted by molar-refractivity contribution is 6.03. The number of esters is 2. The summed E-state index contributed by atoms with van der Waals surface area (Å²) in [5.74, 6) is -0.895. The smallest absolute Gasteiger partial charge is 0.339 e. The molecule has 0 aromatic heterocycles. The van der Waals surface area contributed by atoms with Crippen LogP contribution in [0.4, 0.5) is 0 Å². The van der Waals surface area contributed by atoms with Gasteiger partial charge < -0.3 is 9.47 Å². The van der Waals surface area contributed by atoms with Crippen molar-refractivity contribution in [1.82, 2.24) is 0 Å². The van der Waals surface area contributed by atoms with Crippen molar-refractivity contribution in [2.75, 3.05) is 0 Å². The average molecular weight is 422 g/mol. The predicted molar refractivity (Wildman–Crippen MR) is 123 cm³/mol. The van der Waals surface area contributed by atoms with Gasteiger partial charge in [-0.1, -0.05) is 97.1 Å². The summed E-state index contributed by atoms with van der Waals surface area (Å²) in [4.78, 5) is 25.7. The number of rotatable bonds is 7. The van der Waals surface area contributed by atoms with Crippen molar-refractivity contribution < 1.29 is 19.1 Å². The second-order valence-corrected chi connectivity index (χ2v) is 7.21. The molecule has 4 rings (SSSR count). The van der Waals surface area contributed by atoms with Gasteiger partial charge in [0, 0.05) is 0 Å². The number of ether oxygens (including phenoxy) is 2. The molecule has 4 aromatic rings. The summed E-state index contributed by atoms with van der Waals surface area (Å²) in [6.07, 6.45) is 0. The Kier molecular flexibility index (Phi) is 6.73. The molecule has 0 unspecified atom stereocenters. The van der Waals surface area contributed by atoms with Crippen molar-refractivity contribution in [3.63, 3.8) is 0 Å². The highest BCUT2D eigenvalue weighted by atomic mass is 16.5. The van der Waals surface area contributed by atoms with E-state index in [2.05, 4.69) is 0 Å². The molecule has 32 heavy (non-hydrogen) atoms. The normalized spacial score (nSPS) is 10.4. The fourth-order valence-corrected chi connectivity index (χ4v) is 3.39. The maximum absolute atomic E-state index is 12.9. The highest BCUT2D eigenvalue weighted by Gasteiger charge is 2.19. The Bertz CT molecular complexity index is 1100. The van der Waals surface area contributed by atoms with E-state index in [-0.39, 0.29) is 13.2 Å². The lowest BCUT2D eigenvalue weighted by Gasteiger charge is -2.13. The van der Waals surface area contributed by atoms with Crippen molar-refractivity contribution in [2.24, 2.45) is 0 Å². The zero-order valence-corrected chi connectivity index (χ0v) is 17.4.